The summed E-state index contributed by atoms with van der Waals surface area (Å²) >= 11 is 0. The third-order valence-corrected chi connectivity index (χ3v) is 3.38. The molecule has 0 aliphatic heterocycles. The summed E-state index contributed by atoms with van der Waals surface area (Å²) in [6.45, 7) is 0.394. The molecule has 0 spiro atoms. The maximum absolute atomic E-state index is 13.6. The number of rotatable bonds is 4. The number of hydrogen-bond donors (Lipinski definition) is 1. The second kappa shape index (κ2) is 5.79. The Balaban J connectivity index is 1.89. The van der Waals surface area contributed by atoms with Gasteiger partial charge in [-0.05, 0) is 35.7 Å². The first-order valence-electron chi connectivity index (χ1n) is 6.68. The van der Waals surface area contributed by atoms with Gasteiger partial charge in [0.05, 0.1) is 7.11 Å². The van der Waals surface area contributed by atoms with Gasteiger partial charge >= 0.3 is 0 Å². The van der Waals surface area contributed by atoms with Crippen LogP contribution in [-0.2, 0) is 6.54 Å². The number of fused-ring (bicyclic) bond motifs is 1. The van der Waals surface area contributed by atoms with Crippen molar-refractivity contribution in [2.75, 3.05) is 12.4 Å². The van der Waals surface area contributed by atoms with Gasteiger partial charge in [-0.3, -0.25) is 0 Å². The summed E-state index contributed by atoms with van der Waals surface area (Å²) in [6.07, 6.45) is 1.73. The predicted molar refractivity (Wildman–Crippen MR) is 82.0 cm³/mol. The van der Waals surface area contributed by atoms with Gasteiger partial charge in [0.25, 0.3) is 0 Å². The number of nitrogens with zero attached hydrogens (tertiary/aromatic N) is 1. The highest BCUT2D eigenvalue weighted by Gasteiger charge is 2.05. The van der Waals surface area contributed by atoms with E-state index in [1.807, 2.05) is 30.3 Å². The van der Waals surface area contributed by atoms with Crippen molar-refractivity contribution in [1.82, 2.24) is 4.98 Å². The zero-order valence-electron chi connectivity index (χ0n) is 11.6. The van der Waals surface area contributed by atoms with E-state index in [1.165, 1.54) is 6.07 Å². The molecule has 1 N–H and O–H groups in total. The van der Waals surface area contributed by atoms with Gasteiger partial charge in [-0.25, -0.2) is 9.37 Å². The van der Waals surface area contributed by atoms with Crippen LogP contribution in [-0.4, -0.2) is 12.1 Å². The van der Waals surface area contributed by atoms with Gasteiger partial charge in [0.1, 0.15) is 17.4 Å². The number of nitrogens with one attached hydrogen (secondary N) is 1. The summed E-state index contributed by atoms with van der Waals surface area (Å²) in [5, 5.41) is 5.20. The molecule has 0 unspecified atom stereocenters. The summed E-state index contributed by atoms with van der Waals surface area (Å²) in [6, 6.07) is 14.4. The molecule has 3 rings (SSSR count). The molecule has 3 nitrogen and oxygen atoms in total. The molecule has 0 saturated carbocycles. The number of aromatic nitrogens is 1. The second-order valence-corrected chi connectivity index (χ2v) is 4.69. The number of hydrogen-bond acceptors (Lipinski definition) is 3. The van der Waals surface area contributed by atoms with Crippen LogP contribution in [0.15, 0.2) is 54.7 Å². The van der Waals surface area contributed by atoms with E-state index in [9.17, 15) is 4.39 Å². The van der Waals surface area contributed by atoms with Gasteiger partial charge in [0.2, 0.25) is 0 Å². The van der Waals surface area contributed by atoms with E-state index in [0.717, 1.165) is 22.3 Å². The van der Waals surface area contributed by atoms with Crippen molar-refractivity contribution < 1.29 is 9.13 Å². The third kappa shape index (κ3) is 2.79. The Bertz CT molecular complexity index is 774. The number of methoxy groups -OCH3 is 1. The number of ether oxygens (including phenoxy) is 1. The van der Waals surface area contributed by atoms with Crippen molar-refractivity contribution in [2.24, 2.45) is 0 Å². The third-order valence-electron chi connectivity index (χ3n) is 3.38. The lowest BCUT2D eigenvalue weighted by molar-refractivity contribution is 0.415. The molecule has 0 fully saturated rings. The Morgan fingerprint density at radius 1 is 1.14 bits per heavy atom. The second-order valence-electron chi connectivity index (χ2n) is 4.69. The molecule has 0 radical (unpaired) electrons. The summed E-state index contributed by atoms with van der Waals surface area (Å²) in [5.41, 5.74) is 0.616. The first-order chi connectivity index (χ1) is 10.3. The molecule has 4 heteroatoms. The first-order valence-corrected chi connectivity index (χ1v) is 6.68. The van der Waals surface area contributed by atoms with E-state index >= 15 is 0 Å². The predicted octanol–water partition coefficient (Wildman–Crippen LogP) is 3.99. The first kappa shape index (κ1) is 13.4. The fraction of sp³-hybridized carbons (Fsp3) is 0.118. The quantitative estimate of drug-likeness (QED) is 0.785. The number of pyridine rings is 1. The van der Waals surface area contributed by atoms with Crippen LogP contribution in [0.1, 0.15) is 5.56 Å². The minimum Gasteiger partial charge on any atom is -0.497 e. The fourth-order valence-corrected chi connectivity index (χ4v) is 2.24. The zero-order valence-corrected chi connectivity index (χ0v) is 11.6. The molecule has 1 heterocycles. The maximum atomic E-state index is 13.6. The van der Waals surface area contributed by atoms with Crippen molar-refractivity contribution in [1.29, 1.82) is 0 Å². The Labute approximate surface area is 122 Å². The maximum Gasteiger partial charge on any atom is 0.134 e. The van der Waals surface area contributed by atoms with Crippen molar-refractivity contribution in [3.8, 4) is 5.75 Å². The summed E-state index contributed by atoms with van der Waals surface area (Å²) < 4.78 is 18.8. The van der Waals surface area contributed by atoms with Gasteiger partial charge in [-0.2, -0.15) is 0 Å². The monoisotopic (exact) mass is 282 g/mol. The zero-order chi connectivity index (χ0) is 14.7. The summed E-state index contributed by atoms with van der Waals surface area (Å²) in [7, 11) is 1.64. The number of benzene rings is 2. The molecule has 3 aromatic rings. The highest BCUT2D eigenvalue weighted by Crippen LogP contribution is 2.25. The summed E-state index contributed by atoms with van der Waals surface area (Å²) in [4.78, 5) is 4.33. The highest BCUT2D eigenvalue weighted by molar-refractivity contribution is 5.92. The van der Waals surface area contributed by atoms with E-state index in [-0.39, 0.29) is 5.82 Å². The molecular formula is C17H15FN2O. The van der Waals surface area contributed by atoms with E-state index in [1.54, 1.807) is 25.4 Å². The van der Waals surface area contributed by atoms with Crippen LogP contribution in [0.2, 0.25) is 0 Å². The Kier molecular flexibility index (Phi) is 3.69. The molecule has 0 atom stereocenters. The minimum absolute atomic E-state index is 0.216. The largest absolute Gasteiger partial charge is 0.497 e. The van der Waals surface area contributed by atoms with Crippen LogP contribution in [0.25, 0.3) is 10.8 Å². The van der Waals surface area contributed by atoms with Crippen LogP contribution in [0, 0.1) is 5.82 Å². The molecule has 0 bridgehead atoms. The molecule has 0 aliphatic rings. The molecule has 21 heavy (non-hydrogen) atoms. The molecular weight excluding hydrogens is 267 g/mol. The topological polar surface area (TPSA) is 34.1 Å². The minimum atomic E-state index is -0.216. The molecule has 2 aromatic carbocycles. The van der Waals surface area contributed by atoms with Crippen molar-refractivity contribution in [2.45, 2.75) is 6.54 Å². The van der Waals surface area contributed by atoms with E-state index in [0.29, 0.717) is 12.1 Å². The highest BCUT2D eigenvalue weighted by atomic mass is 19.1. The molecule has 0 saturated heterocycles. The molecule has 106 valence electrons. The van der Waals surface area contributed by atoms with E-state index in [2.05, 4.69) is 10.3 Å². The lowest BCUT2D eigenvalue weighted by atomic mass is 10.1. The van der Waals surface area contributed by atoms with Crippen LogP contribution < -0.4 is 10.1 Å². The van der Waals surface area contributed by atoms with Gasteiger partial charge < -0.3 is 10.1 Å². The summed E-state index contributed by atoms with van der Waals surface area (Å²) in [5.74, 6) is 1.32. The normalized spacial score (nSPS) is 10.6. The van der Waals surface area contributed by atoms with Gasteiger partial charge in [-0.15, -0.1) is 0 Å². The standard InChI is InChI=1S/C17H15FN2O/c1-21-14-6-7-15-12(10-14)8-9-19-17(15)20-11-13-4-2-3-5-16(13)18/h2-10H,11H2,1H3,(H,19,20). The average Bonchev–Trinajstić information content (AvgIpc) is 2.53. The van der Waals surface area contributed by atoms with E-state index < -0.39 is 0 Å². The number of anilines is 1. The Hall–Kier alpha value is -2.62. The number of halogens is 1. The van der Waals surface area contributed by atoms with Gasteiger partial charge in [0.15, 0.2) is 0 Å². The van der Waals surface area contributed by atoms with Crippen LogP contribution >= 0.6 is 0 Å². The molecule has 0 amide bonds. The smallest absolute Gasteiger partial charge is 0.134 e. The van der Waals surface area contributed by atoms with Crippen molar-refractivity contribution >= 4 is 16.6 Å². The van der Waals surface area contributed by atoms with Crippen LogP contribution in [0.4, 0.5) is 10.2 Å². The SMILES string of the molecule is COc1ccc2c(NCc3ccccc3F)nccc2c1. The van der Waals surface area contributed by atoms with Gasteiger partial charge in [0, 0.05) is 23.7 Å². The van der Waals surface area contributed by atoms with Gasteiger partial charge in [-0.1, -0.05) is 18.2 Å². The molecule has 1 aromatic heterocycles. The van der Waals surface area contributed by atoms with E-state index in [4.69, 9.17) is 4.74 Å². The lowest BCUT2D eigenvalue weighted by Gasteiger charge is -2.10. The Morgan fingerprint density at radius 3 is 2.81 bits per heavy atom. The Morgan fingerprint density at radius 2 is 2.00 bits per heavy atom. The average molecular weight is 282 g/mol. The van der Waals surface area contributed by atoms with Crippen LogP contribution in [0.5, 0.6) is 5.75 Å². The van der Waals surface area contributed by atoms with Crippen molar-refractivity contribution in [3.05, 3.63) is 66.1 Å². The fourth-order valence-electron chi connectivity index (χ4n) is 2.24. The lowest BCUT2D eigenvalue weighted by Crippen LogP contribution is -2.03. The van der Waals surface area contributed by atoms with Crippen molar-refractivity contribution in [3.63, 3.8) is 0 Å². The molecule has 0 aliphatic carbocycles. The van der Waals surface area contributed by atoms with Crippen LogP contribution in [0.3, 0.4) is 0 Å².